The van der Waals surface area contributed by atoms with E-state index in [-0.39, 0.29) is 17.7 Å². The average molecular weight is 428 g/mol. The first-order chi connectivity index (χ1) is 15.6. The van der Waals surface area contributed by atoms with Crippen molar-refractivity contribution in [1.82, 2.24) is 9.88 Å². The number of para-hydroxylation sites is 1. The molecule has 3 fully saturated rings. The zero-order chi connectivity index (χ0) is 21.7. The van der Waals surface area contributed by atoms with Crippen LogP contribution in [0.15, 0.2) is 54.6 Å². The molecule has 2 saturated carbocycles. The number of benzene rings is 2. The second kappa shape index (κ2) is 7.51. The van der Waals surface area contributed by atoms with Crippen LogP contribution < -0.4 is 5.32 Å². The molecule has 6 rings (SSSR count). The van der Waals surface area contributed by atoms with E-state index in [2.05, 4.69) is 34.6 Å². The van der Waals surface area contributed by atoms with Crippen molar-refractivity contribution < 1.29 is 9.59 Å². The highest BCUT2D eigenvalue weighted by atomic mass is 16.2. The van der Waals surface area contributed by atoms with Crippen molar-refractivity contribution in [1.29, 1.82) is 0 Å². The van der Waals surface area contributed by atoms with E-state index >= 15 is 0 Å². The molecule has 5 heteroatoms. The number of anilines is 1. The summed E-state index contributed by atoms with van der Waals surface area (Å²) in [5.41, 5.74) is 4.39. The molecule has 1 spiro atoms. The maximum absolute atomic E-state index is 12.9. The Bertz CT molecular complexity index is 1150. The van der Waals surface area contributed by atoms with Gasteiger partial charge in [-0.1, -0.05) is 36.8 Å². The van der Waals surface area contributed by atoms with Crippen molar-refractivity contribution in [3.63, 3.8) is 0 Å². The van der Waals surface area contributed by atoms with E-state index in [9.17, 15) is 9.59 Å². The quantitative estimate of drug-likeness (QED) is 0.601. The fourth-order valence-corrected chi connectivity index (χ4v) is 5.70. The second-order valence-corrected chi connectivity index (χ2v) is 9.91. The van der Waals surface area contributed by atoms with Crippen molar-refractivity contribution in [2.24, 2.45) is 17.3 Å². The molecule has 1 aliphatic heterocycles. The Kier molecular flexibility index (Phi) is 4.60. The van der Waals surface area contributed by atoms with E-state index in [1.165, 1.54) is 24.6 Å². The van der Waals surface area contributed by atoms with Crippen LogP contribution in [0.2, 0.25) is 0 Å². The van der Waals surface area contributed by atoms with Crippen LogP contribution in [0.5, 0.6) is 0 Å². The molecular formula is C27H29N3O2. The molecule has 1 aromatic heterocycles. The second-order valence-electron chi connectivity index (χ2n) is 9.91. The number of hydrogen-bond donors (Lipinski definition) is 2. The van der Waals surface area contributed by atoms with Crippen LogP contribution in [0.3, 0.4) is 0 Å². The number of aromatic nitrogens is 1. The molecule has 32 heavy (non-hydrogen) atoms. The number of nitrogens with zero attached hydrogens (tertiary/aromatic N) is 1. The molecule has 0 radical (unpaired) electrons. The monoisotopic (exact) mass is 427 g/mol. The standard InChI is InChI=1S/C27H29N3O2/c31-25(18-9-13-30(14-10-18)26(32)22-17-27(22)11-4-12-27)28-21-7-3-6-19(15-21)24-16-20-5-1-2-8-23(20)29-24/h1-3,5-8,15-16,18,22,29H,4,9-14,17H2,(H,28,31)/t22-/m0/s1. The van der Waals surface area contributed by atoms with Gasteiger partial charge in [-0.3, -0.25) is 9.59 Å². The molecule has 1 atom stereocenters. The molecular weight excluding hydrogens is 398 g/mol. The van der Waals surface area contributed by atoms with Crippen molar-refractivity contribution in [2.45, 2.75) is 38.5 Å². The highest BCUT2D eigenvalue weighted by molar-refractivity contribution is 5.94. The number of aromatic amines is 1. The van der Waals surface area contributed by atoms with Crippen LogP contribution in [0.4, 0.5) is 5.69 Å². The van der Waals surface area contributed by atoms with Crippen molar-refractivity contribution >= 4 is 28.4 Å². The molecule has 0 unspecified atom stereocenters. The molecule has 5 nitrogen and oxygen atoms in total. The topological polar surface area (TPSA) is 65.2 Å². The van der Waals surface area contributed by atoms with Gasteiger partial charge in [0.15, 0.2) is 0 Å². The van der Waals surface area contributed by atoms with Gasteiger partial charge in [-0.2, -0.15) is 0 Å². The van der Waals surface area contributed by atoms with E-state index < -0.39 is 0 Å². The van der Waals surface area contributed by atoms with Crippen molar-refractivity contribution in [3.05, 3.63) is 54.6 Å². The van der Waals surface area contributed by atoms with Crippen molar-refractivity contribution in [2.75, 3.05) is 18.4 Å². The maximum Gasteiger partial charge on any atom is 0.227 e. The molecule has 1 saturated heterocycles. The number of H-pyrrole nitrogens is 1. The summed E-state index contributed by atoms with van der Waals surface area (Å²) in [6.45, 7) is 1.41. The summed E-state index contributed by atoms with van der Waals surface area (Å²) in [7, 11) is 0. The summed E-state index contributed by atoms with van der Waals surface area (Å²) >= 11 is 0. The van der Waals surface area contributed by atoms with Gasteiger partial charge in [0.25, 0.3) is 0 Å². The summed E-state index contributed by atoms with van der Waals surface area (Å²) in [6, 6.07) is 18.3. The lowest BCUT2D eigenvalue weighted by Gasteiger charge is -2.33. The Labute approximate surface area is 188 Å². The predicted molar refractivity (Wildman–Crippen MR) is 126 cm³/mol. The van der Waals surface area contributed by atoms with Crippen LogP contribution in [0, 0.1) is 17.3 Å². The van der Waals surface area contributed by atoms with Crippen molar-refractivity contribution in [3.8, 4) is 11.3 Å². The summed E-state index contributed by atoms with van der Waals surface area (Å²) in [6.07, 6.45) is 6.35. The number of rotatable bonds is 4. The number of fused-ring (bicyclic) bond motifs is 1. The first-order valence-corrected chi connectivity index (χ1v) is 11.9. The molecule has 2 aliphatic carbocycles. The van der Waals surface area contributed by atoms with Gasteiger partial charge in [-0.05, 0) is 61.8 Å². The van der Waals surface area contributed by atoms with Crippen LogP contribution in [0.25, 0.3) is 22.2 Å². The summed E-state index contributed by atoms with van der Waals surface area (Å²) in [5.74, 6) is 0.643. The molecule has 3 aliphatic rings. The lowest BCUT2D eigenvalue weighted by Crippen LogP contribution is -2.43. The van der Waals surface area contributed by atoms with Gasteiger partial charge in [0.2, 0.25) is 11.8 Å². The van der Waals surface area contributed by atoms with E-state index in [0.717, 1.165) is 41.7 Å². The van der Waals surface area contributed by atoms with Gasteiger partial charge in [0.05, 0.1) is 0 Å². The van der Waals surface area contributed by atoms with Gasteiger partial charge in [0.1, 0.15) is 0 Å². The van der Waals surface area contributed by atoms with Crippen LogP contribution in [-0.4, -0.2) is 34.8 Å². The summed E-state index contributed by atoms with van der Waals surface area (Å²) in [4.78, 5) is 31.2. The number of carbonyl (C=O) groups excluding carboxylic acids is 2. The number of hydrogen-bond acceptors (Lipinski definition) is 2. The molecule has 2 N–H and O–H groups in total. The maximum atomic E-state index is 12.9. The third kappa shape index (κ3) is 3.40. The minimum Gasteiger partial charge on any atom is -0.355 e. The van der Waals surface area contributed by atoms with Gasteiger partial charge in [0, 0.05) is 52.8 Å². The number of carbonyl (C=O) groups is 2. The van der Waals surface area contributed by atoms with E-state index in [1.807, 2.05) is 35.2 Å². The fraction of sp³-hybridized carbons (Fsp3) is 0.407. The molecule has 2 aromatic carbocycles. The third-order valence-corrected chi connectivity index (χ3v) is 7.99. The minimum absolute atomic E-state index is 0.0346. The minimum atomic E-state index is -0.0346. The number of likely N-dealkylation sites (tertiary alicyclic amines) is 1. The van der Waals surface area contributed by atoms with Crippen LogP contribution >= 0.6 is 0 Å². The Morgan fingerprint density at radius 2 is 1.81 bits per heavy atom. The third-order valence-electron chi connectivity index (χ3n) is 7.99. The highest BCUT2D eigenvalue weighted by Crippen LogP contribution is 2.66. The number of nitrogens with one attached hydrogen (secondary N) is 2. The Morgan fingerprint density at radius 1 is 1.00 bits per heavy atom. The first-order valence-electron chi connectivity index (χ1n) is 11.9. The SMILES string of the molecule is O=C(Nc1cccc(-c2cc3ccccc3[nH]2)c1)C1CCN(C(=O)[C@@H]2CC23CCC3)CC1. The zero-order valence-electron chi connectivity index (χ0n) is 18.3. The van der Waals surface area contributed by atoms with E-state index in [0.29, 0.717) is 24.4 Å². The van der Waals surface area contributed by atoms with E-state index in [1.54, 1.807) is 0 Å². The Hall–Kier alpha value is -3.08. The lowest BCUT2D eigenvalue weighted by molar-refractivity contribution is -0.137. The van der Waals surface area contributed by atoms with Gasteiger partial charge >= 0.3 is 0 Å². The molecule has 3 aromatic rings. The van der Waals surface area contributed by atoms with Gasteiger partial charge in [-0.25, -0.2) is 0 Å². The average Bonchev–Trinajstić information content (AvgIpc) is 3.43. The lowest BCUT2D eigenvalue weighted by atomic mass is 9.79. The summed E-state index contributed by atoms with van der Waals surface area (Å²) in [5, 5.41) is 4.28. The Morgan fingerprint density at radius 3 is 2.53 bits per heavy atom. The van der Waals surface area contributed by atoms with Gasteiger partial charge < -0.3 is 15.2 Å². The number of piperidine rings is 1. The first kappa shape index (κ1) is 19.6. The largest absolute Gasteiger partial charge is 0.355 e. The summed E-state index contributed by atoms with van der Waals surface area (Å²) < 4.78 is 0. The Balaban J connectivity index is 1.07. The zero-order valence-corrected chi connectivity index (χ0v) is 18.3. The van der Waals surface area contributed by atoms with E-state index in [4.69, 9.17) is 0 Å². The highest BCUT2D eigenvalue weighted by Gasteiger charge is 2.61. The molecule has 2 heterocycles. The fourth-order valence-electron chi connectivity index (χ4n) is 5.70. The smallest absolute Gasteiger partial charge is 0.227 e. The predicted octanol–water partition coefficient (Wildman–Crippen LogP) is 5.20. The van der Waals surface area contributed by atoms with Crippen LogP contribution in [0.1, 0.15) is 38.5 Å². The molecule has 2 amide bonds. The molecule has 164 valence electrons. The van der Waals surface area contributed by atoms with Gasteiger partial charge in [-0.15, -0.1) is 0 Å². The normalized spacial score (nSPS) is 22.0. The molecule has 0 bridgehead atoms. The van der Waals surface area contributed by atoms with Crippen LogP contribution in [-0.2, 0) is 9.59 Å². The number of amides is 2.